The average molecular weight is 334 g/mol. The van der Waals surface area contributed by atoms with E-state index < -0.39 is 5.60 Å². The van der Waals surface area contributed by atoms with Crippen LogP contribution in [0.3, 0.4) is 0 Å². The lowest BCUT2D eigenvalue weighted by Crippen LogP contribution is -2.36. The van der Waals surface area contributed by atoms with Crippen LogP contribution in [0.4, 0.5) is 4.79 Å². The van der Waals surface area contributed by atoms with Gasteiger partial charge in [0.15, 0.2) is 0 Å². The van der Waals surface area contributed by atoms with E-state index in [1.807, 2.05) is 37.8 Å². The van der Waals surface area contributed by atoms with Crippen LogP contribution < -0.4 is 0 Å². The summed E-state index contributed by atoms with van der Waals surface area (Å²) in [7, 11) is 0. The first-order valence-corrected chi connectivity index (χ1v) is 8.57. The Morgan fingerprint density at radius 1 is 1.26 bits per heavy atom. The van der Waals surface area contributed by atoms with Crippen LogP contribution >= 0.6 is 11.6 Å². The van der Waals surface area contributed by atoms with E-state index in [4.69, 9.17) is 16.3 Å². The molecule has 1 atom stereocenters. The Morgan fingerprint density at radius 3 is 2.61 bits per heavy atom. The van der Waals surface area contributed by atoms with Gasteiger partial charge in [-0.15, -0.1) is 0 Å². The van der Waals surface area contributed by atoms with Crippen molar-refractivity contribution < 1.29 is 9.53 Å². The Hall–Kier alpha value is -1.48. The van der Waals surface area contributed by atoms with Gasteiger partial charge in [-0.25, -0.2) is 4.79 Å². The monoisotopic (exact) mass is 333 g/mol. The predicted molar refractivity (Wildman–Crippen MR) is 93.5 cm³/mol. The zero-order chi connectivity index (χ0) is 16.7. The molecule has 3 nitrogen and oxygen atoms in total. The number of carbonyl (C=O) groups excluding carboxylic acids is 1. The molecule has 1 heterocycles. The molecule has 1 aliphatic heterocycles. The van der Waals surface area contributed by atoms with Crippen molar-refractivity contribution in [2.75, 3.05) is 13.1 Å². The summed E-state index contributed by atoms with van der Waals surface area (Å²) < 4.78 is 5.50. The molecule has 0 radical (unpaired) electrons. The Kier molecular flexibility index (Phi) is 4.18. The molecule has 23 heavy (non-hydrogen) atoms. The molecule has 2 aliphatic rings. The average Bonchev–Trinajstić information content (AvgIpc) is 3.06. The molecule has 4 heteroatoms. The lowest BCUT2D eigenvalue weighted by molar-refractivity contribution is 0.0275. The molecule has 0 aromatic heterocycles. The van der Waals surface area contributed by atoms with E-state index in [-0.39, 0.29) is 11.5 Å². The van der Waals surface area contributed by atoms with Crippen molar-refractivity contribution in [1.29, 1.82) is 0 Å². The predicted octanol–water partition coefficient (Wildman–Crippen LogP) is 5.14. The lowest BCUT2D eigenvalue weighted by Gasteiger charge is -2.27. The van der Waals surface area contributed by atoms with Crippen LogP contribution in [-0.2, 0) is 4.74 Å². The fraction of sp³-hybridized carbons (Fsp3) is 0.526. The summed E-state index contributed by atoms with van der Waals surface area (Å²) in [4.78, 5) is 14.1. The van der Waals surface area contributed by atoms with E-state index in [2.05, 4.69) is 18.2 Å². The zero-order valence-electron chi connectivity index (χ0n) is 14.1. The van der Waals surface area contributed by atoms with Crippen molar-refractivity contribution in [3.63, 3.8) is 0 Å². The number of nitrogens with zero attached hydrogens (tertiary/aromatic N) is 1. The topological polar surface area (TPSA) is 29.5 Å². The molecule has 0 bridgehead atoms. The number of likely N-dealkylation sites (tertiary alicyclic amines) is 1. The molecule has 1 aromatic rings. The molecular formula is C19H24ClNO2. The number of carbonyl (C=O) groups is 1. The maximum atomic E-state index is 12.3. The number of benzene rings is 1. The Bertz CT molecular complexity index is 630. The Morgan fingerprint density at radius 2 is 1.96 bits per heavy atom. The molecule has 0 N–H and O–H groups in total. The summed E-state index contributed by atoms with van der Waals surface area (Å²) in [5.74, 6) is 0. The zero-order valence-corrected chi connectivity index (χ0v) is 14.8. The second-order valence-corrected chi connectivity index (χ2v) is 8.21. The molecule has 124 valence electrons. The van der Waals surface area contributed by atoms with Gasteiger partial charge in [0.1, 0.15) is 5.60 Å². The molecule has 1 aliphatic carbocycles. The second-order valence-electron chi connectivity index (χ2n) is 7.77. The van der Waals surface area contributed by atoms with E-state index in [1.54, 1.807) is 0 Å². The van der Waals surface area contributed by atoms with E-state index >= 15 is 0 Å². The number of rotatable bonds is 1. The minimum atomic E-state index is -0.435. The van der Waals surface area contributed by atoms with Crippen molar-refractivity contribution in [2.24, 2.45) is 5.41 Å². The third-order valence-electron chi connectivity index (χ3n) is 4.65. The van der Waals surface area contributed by atoms with Crippen molar-refractivity contribution >= 4 is 23.3 Å². The summed E-state index contributed by atoms with van der Waals surface area (Å²) in [5.41, 5.74) is 2.36. The van der Waals surface area contributed by atoms with Crippen LogP contribution in [0.15, 0.2) is 30.3 Å². The molecule has 1 saturated heterocycles. The van der Waals surface area contributed by atoms with Gasteiger partial charge < -0.3 is 9.64 Å². The smallest absolute Gasteiger partial charge is 0.410 e. The normalized spacial score (nSPS) is 24.2. The van der Waals surface area contributed by atoms with Gasteiger partial charge in [0.05, 0.1) is 0 Å². The lowest BCUT2D eigenvalue weighted by atomic mass is 9.83. The fourth-order valence-electron chi connectivity index (χ4n) is 3.50. The molecule has 1 unspecified atom stereocenters. The highest BCUT2D eigenvalue weighted by atomic mass is 35.5. The first-order valence-electron chi connectivity index (χ1n) is 8.19. The van der Waals surface area contributed by atoms with Crippen LogP contribution in [0.5, 0.6) is 0 Å². The molecular weight excluding hydrogens is 310 g/mol. The summed E-state index contributed by atoms with van der Waals surface area (Å²) >= 11 is 5.97. The summed E-state index contributed by atoms with van der Waals surface area (Å²) in [6, 6.07) is 8.02. The highest BCUT2D eigenvalue weighted by Gasteiger charge is 2.43. The van der Waals surface area contributed by atoms with Crippen LogP contribution in [0.25, 0.3) is 5.57 Å². The van der Waals surface area contributed by atoms with Gasteiger partial charge in [-0.2, -0.15) is 0 Å². The third-order valence-corrected chi connectivity index (χ3v) is 4.90. The van der Waals surface area contributed by atoms with E-state index in [0.29, 0.717) is 0 Å². The van der Waals surface area contributed by atoms with E-state index in [9.17, 15) is 4.79 Å². The van der Waals surface area contributed by atoms with Gasteiger partial charge in [0, 0.05) is 18.1 Å². The van der Waals surface area contributed by atoms with Crippen LogP contribution in [0, 0.1) is 5.41 Å². The molecule has 1 spiro atoms. The number of amides is 1. The molecule has 1 aromatic carbocycles. The summed E-state index contributed by atoms with van der Waals surface area (Å²) in [6.07, 6.45) is 5.23. The third kappa shape index (κ3) is 3.72. The maximum absolute atomic E-state index is 12.3. The number of hydrogen-bond acceptors (Lipinski definition) is 2. The van der Waals surface area contributed by atoms with Gasteiger partial charge in [-0.05, 0) is 68.7 Å². The number of hydrogen-bond donors (Lipinski definition) is 0. The van der Waals surface area contributed by atoms with Crippen LogP contribution in [0.1, 0.15) is 45.6 Å². The summed E-state index contributed by atoms with van der Waals surface area (Å²) in [6.45, 7) is 7.30. The number of halogens is 1. The molecule has 1 fully saturated rings. The van der Waals surface area contributed by atoms with E-state index in [1.165, 1.54) is 11.1 Å². The minimum Gasteiger partial charge on any atom is -0.444 e. The van der Waals surface area contributed by atoms with Gasteiger partial charge in [0.25, 0.3) is 0 Å². The van der Waals surface area contributed by atoms with Crippen molar-refractivity contribution in [2.45, 2.75) is 45.6 Å². The highest BCUT2D eigenvalue weighted by molar-refractivity contribution is 6.30. The van der Waals surface area contributed by atoms with Crippen LogP contribution in [0.2, 0.25) is 5.02 Å². The van der Waals surface area contributed by atoms with Gasteiger partial charge in [-0.3, -0.25) is 0 Å². The largest absolute Gasteiger partial charge is 0.444 e. The van der Waals surface area contributed by atoms with Crippen molar-refractivity contribution in [1.82, 2.24) is 4.90 Å². The minimum absolute atomic E-state index is 0.186. The van der Waals surface area contributed by atoms with E-state index in [0.717, 1.165) is 37.4 Å². The molecule has 3 rings (SSSR count). The maximum Gasteiger partial charge on any atom is 0.410 e. The molecule has 0 saturated carbocycles. The fourth-order valence-corrected chi connectivity index (χ4v) is 3.63. The Balaban J connectivity index is 1.63. The quantitative estimate of drug-likeness (QED) is 0.711. The first-order chi connectivity index (χ1) is 10.8. The standard InChI is InChI=1S/C19H24ClNO2/c1-18(2,3)23-17(22)21-11-10-19(13-21)9-8-15(12-19)14-4-6-16(20)7-5-14/h4-8H,9-13H2,1-3H3. The number of allylic oxidation sites excluding steroid dienone is 2. The second kappa shape index (κ2) is 5.86. The Labute approximate surface area is 143 Å². The van der Waals surface area contributed by atoms with Crippen LogP contribution in [-0.4, -0.2) is 29.7 Å². The highest BCUT2D eigenvalue weighted by Crippen LogP contribution is 2.48. The van der Waals surface area contributed by atoms with Gasteiger partial charge in [0.2, 0.25) is 0 Å². The molecule has 1 amide bonds. The SMILES string of the molecule is CC(C)(C)OC(=O)N1CCC2(CC=C(c3ccc(Cl)cc3)C2)C1. The van der Waals surface area contributed by atoms with Gasteiger partial charge in [-0.1, -0.05) is 29.8 Å². The van der Waals surface area contributed by atoms with Crippen molar-refractivity contribution in [3.8, 4) is 0 Å². The van der Waals surface area contributed by atoms with Gasteiger partial charge >= 0.3 is 6.09 Å². The first kappa shape index (κ1) is 16.4. The van der Waals surface area contributed by atoms with Crippen molar-refractivity contribution in [3.05, 3.63) is 40.9 Å². The number of ether oxygens (including phenoxy) is 1. The summed E-state index contributed by atoms with van der Waals surface area (Å²) in [5, 5.41) is 0.763.